The zero-order valence-corrected chi connectivity index (χ0v) is 11.4. The van der Waals surface area contributed by atoms with Gasteiger partial charge in [0.25, 0.3) is 0 Å². The number of aromatic nitrogens is 2. The van der Waals surface area contributed by atoms with Gasteiger partial charge in [-0.1, -0.05) is 0 Å². The molecule has 8 heteroatoms. The van der Waals surface area contributed by atoms with Gasteiger partial charge in [-0.15, -0.1) is 0 Å². The molecule has 0 aliphatic carbocycles. The number of rotatable bonds is 5. The van der Waals surface area contributed by atoms with E-state index in [1.165, 1.54) is 11.6 Å². The third-order valence-corrected chi connectivity index (χ3v) is 2.54. The molecule has 0 atom stereocenters. The summed E-state index contributed by atoms with van der Waals surface area (Å²) < 4.78 is 1.28. The first kappa shape index (κ1) is 15.1. The van der Waals surface area contributed by atoms with Crippen LogP contribution in [0.5, 0.6) is 0 Å². The van der Waals surface area contributed by atoms with Gasteiger partial charge < -0.3 is 10.4 Å². The van der Waals surface area contributed by atoms with Crippen LogP contribution in [0.25, 0.3) is 0 Å². The monoisotopic (exact) mass is 270 g/mol. The van der Waals surface area contributed by atoms with Crippen molar-refractivity contribution in [2.24, 2.45) is 0 Å². The number of carbonyl (C=O) groups excluding carboxylic acids is 1. The Hall–Kier alpha value is -1.96. The van der Waals surface area contributed by atoms with Crippen LogP contribution in [0.3, 0.4) is 0 Å². The summed E-state index contributed by atoms with van der Waals surface area (Å²) in [5.74, 6) is -0.359. The molecule has 0 bridgehead atoms. The fourth-order valence-corrected chi connectivity index (χ4v) is 1.61. The van der Waals surface area contributed by atoms with Crippen LogP contribution in [0.4, 0.5) is 5.69 Å². The summed E-state index contributed by atoms with van der Waals surface area (Å²) in [6.07, 6.45) is 0. The highest BCUT2D eigenvalue weighted by Gasteiger charge is 2.23. The standard InChI is InChI=1S/C11H18N4O4/c1-7-10(15(18)19)8(2)14(13-7)5-9(16)12-6-11(3,4)17/h17H,5-6H2,1-4H3,(H,12,16). The summed E-state index contributed by atoms with van der Waals surface area (Å²) in [4.78, 5) is 22.0. The van der Waals surface area contributed by atoms with Crippen LogP contribution in [0.15, 0.2) is 0 Å². The van der Waals surface area contributed by atoms with Gasteiger partial charge in [-0.05, 0) is 27.7 Å². The molecule has 0 aromatic carbocycles. The van der Waals surface area contributed by atoms with Crippen molar-refractivity contribution >= 4 is 11.6 Å². The Labute approximate surface area is 110 Å². The van der Waals surface area contributed by atoms with Gasteiger partial charge >= 0.3 is 5.69 Å². The van der Waals surface area contributed by atoms with Crippen molar-refractivity contribution < 1.29 is 14.8 Å². The number of nitrogens with one attached hydrogen (secondary N) is 1. The van der Waals surface area contributed by atoms with Crippen LogP contribution in [-0.2, 0) is 11.3 Å². The van der Waals surface area contributed by atoms with E-state index in [1.54, 1.807) is 20.8 Å². The third kappa shape index (κ3) is 4.02. The molecule has 0 saturated carbocycles. The number of amides is 1. The summed E-state index contributed by atoms with van der Waals surface area (Å²) in [7, 11) is 0. The second-order valence-corrected chi connectivity index (χ2v) is 5.02. The molecule has 0 aliphatic heterocycles. The Morgan fingerprint density at radius 3 is 2.53 bits per heavy atom. The first-order valence-corrected chi connectivity index (χ1v) is 5.79. The van der Waals surface area contributed by atoms with E-state index in [4.69, 9.17) is 0 Å². The maximum Gasteiger partial charge on any atom is 0.312 e. The largest absolute Gasteiger partial charge is 0.389 e. The molecule has 1 aromatic heterocycles. The van der Waals surface area contributed by atoms with Crippen LogP contribution in [0, 0.1) is 24.0 Å². The zero-order valence-electron chi connectivity index (χ0n) is 11.4. The predicted octanol–water partition coefficient (Wildman–Crippen LogP) is 0.295. The van der Waals surface area contributed by atoms with Crippen molar-refractivity contribution in [1.82, 2.24) is 15.1 Å². The van der Waals surface area contributed by atoms with Gasteiger partial charge in [0, 0.05) is 6.54 Å². The van der Waals surface area contributed by atoms with Crippen molar-refractivity contribution in [2.75, 3.05) is 6.54 Å². The average Bonchev–Trinajstić information content (AvgIpc) is 2.50. The van der Waals surface area contributed by atoms with Crippen LogP contribution >= 0.6 is 0 Å². The quantitative estimate of drug-likeness (QED) is 0.590. The lowest BCUT2D eigenvalue weighted by atomic mass is 10.1. The van der Waals surface area contributed by atoms with E-state index >= 15 is 0 Å². The highest BCUT2D eigenvalue weighted by atomic mass is 16.6. The Morgan fingerprint density at radius 1 is 1.53 bits per heavy atom. The smallest absolute Gasteiger partial charge is 0.312 e. The minimum absolute atomic E-state index is 0.0738. The summed E-state index contributed by atoms with van der Waals surface area (Å²) >= 11 is 0. The van der Waals surface area contributed by atoms with Crippen LogP contribution in [-0.4, -0.2) is 37.9 Å². The van der Waals surface area contributed by atoms with Crippen molar-refractivity contribution in [1.29, 1.82) is 0 Å². The van der Waals surface area contributed by atoms with E-state index < -0.39 is 10.5 Å². The van der Waals surface area contributed by atoms with E-state index in [0.717, 1.165) is 0 Å². The topological polar surface area (TPSA) is 110 Å². The van der Waals surface area contributed by atoms with Crippen molar-refractivity contribution in [3.05, 3.63) is 21.5 Å². The van der Waals surface area contributed by atoms with E-state index in [9.17, 15) is 20.0 Å². The molecular formula is C11H18N4O4. The lowest BCUT2D eigenvalue weighted by Crippen LogP contribution is -2.39. The van der Waals surface area contributed by atoms with E-state index in [-0.39, 0.29) is 30.4 Å². The number of aryl methyl sites for hydroxylation is 1. The van der Waals surface area contributed by atoms with Crippen molar-refractivity contribution in [3.8, 4) is 0 Å². The summed E-state index contributed by atoms with van der Waals surface area (Å²) in [5, 5.41) is 26.8. The van der Waals surface area contributed by atoms with Gasteiger partial charge in [-0.3, -0.25) is 19.6 Å². The van der Waals surface area contributed by atoms with Gasteiger partial charge in [0.15, 0.2) is 0 Å². The zero-order chi connectivity index (χ0) is 14.8. The molecule has 1 amide bonds. The second-order valence-electron chi connectivity index (χ2n) is 5.02. The number of carbonyl (C=O) groups is 1. The molecule has 19 heavy (non-hydrogen) atoms. The Bertz CT molecular complexity index is 502. The summed E-state index contributed by atoms with van der Waals surface area (Å²) in [6.45, 7) is 6.20. The molecule has 8 nitrogen and oxygen atoms in total. The van der Waals surface area contributed by atoms with Crippen molar-refractivity contribution in [2.45, 2.75) is 39.8 Å². The molecular weight excluding hydrogens is 252 g/mol. The molecule has 0 aliphatic rings. The van der Waals surface area contributed by atoms with Crippen molar-refractivity contribution in [3.63, 3.8) is 0 Å². The van der Waals surface area contributed by atoms with Gasteiger partial charge in [-0.25, -0.2) is 0 Å². The van der Waals surface area contributed by atoms with E-state index in [0.29, 0.717) is 5.69 Å². The summed E-state index contributed by atoms with van der Waals surface area (Å²) in [5.41, 5.74) is -0.467. The summed E-state index contributed by atoms with van der Waals surface area (Å²) in [6, 6.07) is 0. The van der Waals surface area contributed by atoms with Gasteiger partial charge in [0.2, 0.25) is 5.91 Å². The normalized spacial score (nSPS) is 11.4. The molecule has 0 radical (unpaired) electrons. The minimum Gasteiger partial charge on any atom is -0.389 e. The molecule has 0 spiro atoms. The molecule has 1 heterocycles. The fraction of sp³-hybridized carbons (Fsp3) is 0.636. The number of hydrogen-bond acceptors (Lipinski definition) is 5. The molecule has 2 N–H and O–H groups in total. The maximum absolute atomic E-state index is 11.6. The Morgan fingerprint density at radius 2 is 2.11 bits per heavy atom. The molecule has 106 valence electrons. The SMILES string of the molecule is Cc1nn(CC(=O)NCC(C)(C)O)c(C)c1[N+](=O)[O-]. The van der Waals surface area contributed by atoms with Crippen LogP contribution in [0.2, 0.25) is 0 Å². The Kier molecular flexibility index (Phi) is 4.25. The van der Waals surface area contributed by atoms with Gasteiger partial charge in [0.1, 0.15) is 17.9 Å². The van der Waals surface area contributed by atoms with Gasteiger partial charge in [0.05, 0.1) is 10.5 Å². The second kappa shape index (κ2) is 5.35. The fourth-order valence-electron chi connectivity index (χ4n) is 1.61. The highest BCUT2D eigenvalue weighted by Crippen LogP contribution is 2.21. The maximum atomic E-state index is 11.6. The number of nitrogens with zero attached hydrogens (tertiary/aromatic N) is 3. The number of nitro groups is 1. The van der Waals surface area contributed by atoms with Gasteiger partial charge in [-0.2, -0.15) is 5.10 Å². The first-order chi connectivity index (χ1) is 8.61. The molecule has 1 aromatic rings. The van der Waals surface area contributed by atoms with E-state index in [1.807, 2.05) is 0 Å². The predicted molar refractivity (Wildman–Crippen MR) is 67.7 cm³/mol. The Balaban J connectivity index is 2.76. The molecule has 1 rings (SSSR count). The van der Waals surface area contributed by atoms with Crippen LogP contribution < -0.4 is 5.32 Å². The van der Waals surface area contributed by atoms with Crippen LogP contribution in [0.1, 0.15) is 25.2 Å². The number of hydrogen-bond donors (Lipinski definition) is 2. The number of aliphatic hydroxyl groups is 1. The lowest BCUT2D eigenvalue weighted by Gasteiger charge is -2.17. The minimum atomic E-state index is -1.00. The third-order valence-electron chi connectivity index (χ3n) is 2.54. The molecule has 0 saturated heterocycles. The first-order valence-electron chi connectivity index (χ1n) is 5.79. The molecule has 0 unspecified atom stereocenters. The lowest BCUT2D eigenvalue weighted by molar-refractivity contribution is -0.386. The highest BCUT2D eigenvalue weighted by molar-refractivity contribution is 5.75. The van der Waals surface area contributed by atoms with E-state index in [2.05, 4.69) is 10.4 Å². The molecule has 0 fully saturated rings. The average molecular weight is 270 g/mol.